The van der Waals surface area contributed by atoms with E-state index in [1.165, 1.54) is 0 Å². The Morgan fingerprint density at radius 3 is 2.77 bits per heavy atom. The van der Waals surface area contributed by atoms with Crippen molar-refractivity contribution < 1.29 is 9.59 Å². The van der Waals surface area contributed by atoms with Crippen molar-refractivity contribution in [3.8, 4) is 0 Å². The van der Waals surface area contributed by atoms with Crippen LogP contribution in [-0.2, 0) is 22.6 Å². The van der Waals surface area contributed by atoms with Crippen LogP contribution in [0.2, 0.25) is 0 Å². The van der Waals surface area contributed by atoms with Gasteiger partial charge in [-0.25, -0.2) is 9.67 Å². The molecule has 0 radical (unpaired) electrons. The van der Waals surface area contributed by atoms with E-state index in [1.54, 1.807) is 6.33 Å². The summed E-state index contributed by atoms with van der Waals surface area (Å²) < 4.78 is 1.91. The highest BCUT2D eigenvalue weighted by molar-refractivity contribution is 5.80. The minimum absolute atomic E-state index is 0.126. The Morgan fingerprint density at radius 1 is 1.20 bits per heavy atom. The lowest BCUT2D eigenvalue weighted by atomic mass is 9.73. The topological polar surface area (TPSA) is 80.1 Å². The van der Waals surface area contributed by atoms with Gasteiger partial charge in [0.05, 0.1) is 12.5 Å². The predicted molar refractivity (Wildman–Crippen MR) is 111 cm³/mol. The van der Waals surface area contributed by atoms with Gasteiger partial charge in [-0.1, -0.05) is 30.7 Å². The van der Waals surface area contributed by atoms with Crippen molar-refractivity contribution in [2.45, 2.75) is 58.0 Å². The maximum atomic E-state index is 13.1. The summed E-state index contributed by atoms with van der Waals surface area (Å²) in [5.41, 5.74) is 2.07. The van der Waals surface area contributed by atoms with Crippen LogP contribution in [0.25, 0.3) is 0 Å². The number of nitrogens with one attached hydrogen (secondary N) is 1. The average Bonchev–Trinajstić information content (AvgIpc) is 3.33. The lowest BCUT2D eigenvalue weighted by Crippen LogP contribution is -2.50. The van der Waals surface area contributed by atoms with Crippen LogP contribution in [0.4, 0.5) is 0 Å². The third-order valence-electron chi connectivity index (χ3n) is 7.44. The SMILES string of the molecule is Cc1ccccc1CC(=O)N1CC[C@@]2(CCn3ncnc3[C@H]2NC(=O)C2CCC2)C1. The molecule has 158 valence electrons. The number of aromatic nitrogens is 3. The van der Waals surface area contributed by atoms with E-state index in [0.717, 1.165) is 62.1 Å². The number of fused-ring (bicyclic) bond motifs is 1. The third kappa shape index (κ3) is 3.30. The lowest BCUT2D eigenvalue weighted by molar-refractivity contribution is -0.130. The van der Waals surface area contributed by atoms with Crippen LogP contribution in [0.5, 0.6) is 0 Å². The minimum Gasteiger partial charge on any atom is -0.345 e. The average molecular weight is 408 g/mol. The summed E-state index contributed by atoms with van der Waals surface area (Å²) in [6.07, 6.45) is 6.86. The van der Waals surface area contributed by atoms with Gasteiger partial charge in [-0.15, -0.1) is 0 Å². The zero-order valence-corrected chi connectivity index (χ0v) is 17.5. The molecule has 1 spiro atoms. The zero-order chi connectivity index (χ0) is 20.7. The maximum Gasteiger partial charge on any atom is 0.227 e. The van der Waals surface area contributed by atoms with Gasteiger partial charge in [-0.2, -0.15) is 5.10 Å². The highest BCUT2D eigenvalue weighted by Crippen LogP contribution is 2.48. The van der Waals surface area contributed by atoms with Crippen LogP contribution >= 0.6 is 0 Å². The van der Waals surface area contributed by atoms with Crippen LogP contribution in [0.1, 0.15) is 55.1 Å². The van der Waals surface area contributed by atoms with Gasteiger partial charge >= 0.3 is 0 Å². The first-order valence-corrected chi connectivity index (χ1v) is 11.1. The maximum absolute atomic E-state index is 13.1. The first-order valence-electron chi connectivity index (χ1n) is 11.1. The van der Waals surface area contributed by atoms with Gasteiger partial charge in [0.25, 0.3) is 0 Å². The Hall–Kier alpha value is -2.70. The van der Waals surface area contributed by atoms with Crippen LogP contribution < -0.4 is 5.32 Å². The number of rotatable bonds is 4. The molecule has 5 rings (SSSR count). The van der Waals surface area contributed by atoms with Crippen LogP contribution in [0, 0.1) is 18.3 Å². The van der Waals surface area contributed by atoms with Crippen molar-refractivity contribution in [1.29, 1.82) is 0 Å². The number of carbonyl (C=O) groups excluding carboxylic acids is 2. The lowest BCUT2D eigenvalue weighted by Gasteiger charge is -2.41. The molecule has 2 aromatic rings. The second kappa shape index (κ2) is 7.52. The molecule has 7 heteroatoms. The summed E-state index contributed by atoms with van der Waals surface area (Å²) in [7, 11) is 0. The van der Waals surface area contributed by atoms with E-state index in [4.69, 9.17) is 0 Å². The predicted octanol–water partition coefficient (Wildman–Crippen LogP) is 2.41. The number of likely N-dealkylation sites (tertiary alicyclic amines) is 1. The number of benzene rings is 1. The molecule has 1 saturated carbocycles. The zero-order valence-electron chi connectivity index (χ0n) is 17.5. The molecule has 2 fully saturated rings. The molecule has 1 aromatic heterocycles. The summed E-state index contributed by atoms with van der Waals surface area (Å²) >= 11 is 0. The summed E-state index contributed by atoms with van der Waals surface area (Å²) in [5, 5.41) is 7.66. The summed E-state index contributed by atoms with van der Waals surface area (Å²) in [6, 6.07) is 7.89. The van der Waals surface area contributed by atoms with Crippen molar-refractivity contribution in [1.82, 2.24) is 25.0 Å². The molecular weight excluding hydrogens is 378 g/mol. The minimum atomic E-state index is -0.182. The fourth-order valence-corrected chi connectivity index (χ4v) is 5.20. The van der Waals surface area contributed by atoms with Gasteiger partial charge in [0.2, 0.25) is 11.8 Å². The number of amides is 2. The normalized spacial score (nSPS) is 25.8. The first-order chi connectivity index (χ1) is 14.6. The van der Waals surface area contributed by atoms with Crippen LogP contribution in [0.15, 0.2) is 30.6 Å². The van der Waals surface area contributed by atoms with Crippen molar-refractivity contribution in [2.24, 2.45) is 11.3 Å². The van der Waals surface area contributed by atoms with Crippen molar-refractivity contribution in [3.63, 3.8) is 0 Å². The standard InChI is InChI=1S/C23H29N5O2/c1-16-5-2-3-6-18(16)13-19(29)27-11-9-23(14-27)10-12-28-21(24-15-25-28)20(23)26-22(30)17-7-4-8-17/h2-3,5-6,15,17,20H,4,7-14H2,1H3,(H,26,30)/t20-,23-/m1/s1. The highest BCUT2D eigenvalue weighted by atomic mass is 16.2. The van der Waals surface area contributed by atoms with Crippen LogP contribution in [0.3, 0.4) is 0 Å². The van der Waals surface area contributed by atoms with Gasteiger partial charge in [-0.3, -0.25) is 9.59 Å². The highest BCUT2D eigenvalue weighted by Gasteiger charge is 2.51. The Labute approximate surface area is 176 Å². The fraction of sp³-hybridized carbons (Fsp3) is 0.565. The van der Waals surface area contributed by atoms with Crippen LogP contribution in [-0.4, -0.2) is 44.6 Å². The van der Waals surface area contributed by atoms with E-state index in [1.807, 2.05) is 40.8 Å². The van der Waals surface area contributed by atoms with E-state index >= 15 is 0 Å². The van der Waals surface area contributed by atoms with Gasteiger partial charge in [0, 0.05) is 31.0 Å². The van der Waals surface area contributed by atoms with Crippen molar-refractivity contribution in [3.05, 3.63) is 47.5 Å². The van der Waals surface area contributed by atoms with Gasteiger partial charge in [0.15, 0.2) is 0 Å². The monoisotopic (exact) mass is 407 g/mol. The number of aryl methyl sites for hydroxylation is 2. The van der Waals surface area contributed by atoms with Crippen molar-refractivity contribution in [2.75, 3.05) is 13.1 Å². The number of nitrogens with zero attached hydrogens (tertiary/aromatic N) is 4. The molecule has 0 unspecified atom stereocenters. The van der Waals surface area contributed by atoms with Crippen molar-refractivity contribution >= 4 is 11.8 Å². The van der Waals surface area contributed by atoms with E-state index in [2.05, 4.69) is 15.4 Å². The molecule has 2 atom stereocenters. The molecule has 1 N–H and O–H groups in total. The summed E-state index contributed by atoms with van der Waals surface area (Å²) in [4.78, 5) is 32.4. The second-order valence-electron chi connectivity index (χ2n) is 9.19. The number of carbonyl (C=O) groups is 2. The Morgan fingerprint density at radius 2 is 2.00 bits per heavy atom. The number of hydrogen-bond acceptors (Lipinski definition) is 4. The third-order valence-corrected chi connectivity index (χ3v) is 7.44. The molecule has 30 heavy (non-hydrogen) atoms. The Bertz CT molecular complexity index is 966. The van der Waals surface area contributed by atoms with Gasteiger partial charge < -0.3 is 10.2 Å². The number of hydrogen-bond donors (Lipinski definition) is 1. The summed E-state index contributed by atoms with van der Waals surface area (Å²) in [6.45, 7) is 4.23. The van der Waals surface area contributed by atoms with Gasteiger partial charge in [-0.05, 0) is 43.7 Å². The molecule has 2 amide bonds. The largest absolute Gasteiger partial charge is 0.345 e. The van der Waals surface area contributed by atoms with E-state index in [9.17, 15) is 9.59 Å². The summed E-state index contributed by atoms with van der Waals surface area (Å²) in [5.74, 6) is 1.26. The Kier molecular flexibility index (Phi) is 4.83. The van der Waals surface area contributed by atoms with Gasteiger partial charge in [0.1, 0.15) is 12.2 Å². The molecular formula is C23H29N5O2. The second-order valence-corrected chi connectivity index (χ2v) is 9.19. The molecule has 0 bridgehead atoms. The molecule has 2 aliphatic heterocycles. The van der Waals surface area contributed by atoms with E-state index in [-0.39, 0.29) is 29.2 Å². The first kappa shape index (κ1) is 19.3. The molecule has 1 aliphatic carbocycles. The smallest absolute Gasteiger partial charge is 0.227 e. The molecule has 1 aromatic carbocycles. The molecule has 1 saturated heterocycles. The fourth-order valence-electron chi connectivity index (χ4n) is 5.20. The quantitative estimate of drug-likeness (QED) is 0.844. The Balaban J connectivity index is 1.35. The molecule has 3 heterocycles. The van der Waals surface area contributed by atoms with E-state index < -0.39 is 0 Å². The van der Waals surface area contributed by atoms with E-state index in [0.29, 0.717) is 13.0 Å². The molecule has 3 aliphatic rings. The molecule has 7 nitrogen and oxygen atoms in total.